The SMILES string of the molecule is Cc1ccc(Nc2c(C(=O)NOCCO)cc(/C=N/OCCOCCO)c(F)c2F)c(F)c1. The summed E-state index contributed by atoms with van der Waals surface area (Å²) in [6.45, 7) is 1.05. The lowest BCUT2D eigenvalue weighted by molar-refractivity contribution is 0.0168. The van der Waals surface area contributed by atoms with Gasteiger partial charge < -0.3 is 25.1 Å². The van der Waals surface area contributed by atoms with Gasteiger partial charge in [-0.3, -0.25) is 9.63 Å². The van der Waals surface area contributed by atoms with Crippen LogP contribution >= 0.6 is 0 Å². The molecule has 0 aliphatic heterocycles. The third-order valence-electron chi connectivity index (χ3n) is 4.04. The van der Waals surface area contributed by atoms with E-state index in [9.17, 15) is 18.0 Å². The van der Waals surface area contributed by atoms with Gasteiger partial charge in [0.25, 0.3) is 5.91 Å². The number of nitrogens with one attached hydrogen (secondary N) is 2. The lowest BCUT2D eigenvalue weighted by Crippen LogP contribution is -2.26. The van der Waals surface area contributed by atoms with Gasteiger partial charge in [-0.1, -0.05) is 11.2 Å². The molecule has 0 saturated carbocycles. The average Bonchev–Trinajstić information content (AvgIpc) is 2.79. The van der Waals surface area contributed by atoms with E-state index in [1.807, 2.05) is 5.48 Å². The Balaban J connectivity index is 2.33. The zero-order chi connectivity index (χ0) is 24.2. The lowest BCUT2D eigenvalue weighted by Gasteiger charge is -2.15. The van der Waals surface area contributed by atoms with E-state index in [-0.39, 0.29) is 38.7 Å². The van der Waals surface area contributed by atoms with Gasteiger partial charge in [0.1, 0.15) is 12.4 Å². The smallest absolute Gasteiger partial charge is 0.277 e. The number of rotatable bonds is 13. The van der Waals surface area contributed by atoms with Crippen LogP contribution < -0.4 is 10.8 Å². The molecule has 9 nitrogen and oxygen atoms in total. The van der Waals surface area contributed by atoms with Crippen LogP contribution in [0, 0.1) is 24.4 Å². The third kappa shape index (κ3) is 7.71. The fourth-order valence-electron chi connectivity index (χ4n) is 2.52. The summed E-state index contributed by atoms with van der Waals surface area (Å²) in [5.74, 6) is -4.54. The minimum atomic E-state index is -1.46. The molecular formula is C21H24F3N3O6. The molecule has 0 aliphatic rings. The topological polar surface area (TPSA) is 122 Å². The number of aliphatic hydroxyl groups is 2. The molecular weight excluding hydrogens is 447 g/mol. The Morgan fingerprint density at radius 3 is 2.52 bits per heavy atom. The Morgan fingerprint density at radius 1 is 1.06 bits per heavy atom. The van der Waals surface area contributed by atoms with Crippen LogP contribution in [0.15, 0.2) is 29.4 Å². The van der Waals surface area contributed by atoms with E-state index < -0.39 is 46.8 Å². The van der Waals surface area contributed by atoms with Crippen molar-refractivity contribution in [1.82, 2.24) is 5.48 Å². The number of hydrogen-bond acceptors (Lipinski definition) is 8. The fourth-order valence-corrected chi connectivity index (χ4v) is 2.52. The zero-order valence-corrected chi connectivity index (χ0v) is 17.7. The Bertz CT molecular complexity index is 975. The van der Waals surface area contributed by atoms with Gasteiger partial charge >= 0.3 is 0 Å². The summed E-state index contributed by atoms with van der Waals surface area (Å²) in [6, 6.07) is 5.02. The van der Waals surface area contributed by atoms with Gasteiger partial charge in [0, 0.05) is 5.56 Å². The van der Waals surface area contributed by atoms with Crippen LogP contribution in [0.2, 0.25) is 0 Å². The molecule has 0 bridgehead atoms. The molecule has 0 aliphatic carbocycles. The van der Waals surface area contributed by atoms with Gasteiger partial charge in [0.2, 0.25) is 0 Å². The maximum absolute atomic E-state index is 14.9. The first kappa shape index (κ1) is 26.1. The predicted octanol–water partition coefficient (Wildman–Crippen LogP) is 2.17. The molecule has 180 valence electrons. The molecule has 2 aromatic rings. The second-order valence-corrected chi connectivity index (χ2v) is 6.53. The monoisotopic (exact) mass is 471 g/mol. The number of carbonyl (C=O) groups is 1. The van der Waals surface area contributed by atoms with Crippen LogP contribution in [0.25, 0.3) is 0 Å². The number of carbonyl (C=O) groups excluding carboxylic acids is 1. The van der Waals surface area contributed by atoms with Crippen molar-refractivity contribution in [3.63, 3.8) is 0 Å². The van der Waals surface area contributed by atoms with Gasteiger partial charge in [-0.05, 0) is 30.7 Å². The molecule has 33 heavy (non-hydrogen) atoms. The highest BCUT2D eigenvalue weighted by molar-refractivity contribution is 6.01. The highest BCUT2D eigenvalue weighted by Crippen LogP contribution is 2.30. The molecule has 0 saturated heterocycles. The second-order valence-electron chi connectivity index (χ2n) is 6.53. The summed E-state index contributed by atoms with van der Waals surface area (Å²) in [6.07, 6.45) is 0.853. The van der Waals surface area contributed by atoms with Gasteiger partial charge in [-0.25, -0.2) is 18.7 Å². The van der Waals surface area contributed by atoms with Crippen LogP contribution in [0.5, 0.6) is 0 Å². The van der Waals surface area contributed by atoms with Crippen molar-refractivity contribution in [2.24, 2.45) is 5.16 Å². The summed E-state index contributed by atoms with van der Waals surface area (Å²) >= 11 is 0. The van der Waals surface area contributed by atoms with Gasteiger partial charge in [0.15, 0.2) is 11.6 Å². The number of benzene rings is 2. The number of aliphatic hydroxyl groups excluding tert-OH is 2. The molecule has 2 rings (SSSR count). The fraction of sp³-hybridized carbons (Fsp3) is 0.333. The second kappa shape index (κ2) is 13.4. The van der Waals surface area contributed by atoms with Crippen LogP contribution in [0.4, 0.5) is 24.5 Å². The van der Waals surface area contributed by atoms with E-state index in [1.54, 1.807) is 13.0 Å². The molecule has 1 amide bonds. The summed E-state index contributed by atoms with van der Waals surface area (Å²) in [7, 11) is 0. The Morgan fingerprint density at radius 2 is 1.82 bits per heavy atom. The summed E-state index contributed by atoms with van der Waals surface area (Å²) < 4.78 is 48.8. The molecule has 2 aromatic carbocycles. The number of halogens is 3. The van der Waals surface area contributed by atoms with E-state index in [0.717, 1.165) is 12.3 Å². The molecule has 0 atom stereocenters. The molecule has 0 radical (unpaired) electrons. The maximum Gasteiger partial charge on any atom is 0.277 e. The minimum Gasteiger partial charge on any atom is -0.394 e. The first-order valence-corrected chi connectivity index (χ1v) is 9.81. The van der Waals surface area contributed by atoms with E-state index >= 15 is 0 Å². The average molecular weight is 471 g/mol. The summed E-state index contributed by atoms with van der Waals surface area (Å²) in [4.78, 5) is 22.1. The number of ether oxygens (including phenoxy) is 1. The van der Waals surface area contributed by atoms with Crippen molar-refractivity contribution in [3.05, 3.63) is 58.4 Å². The molecule has 0 fully saturated rings. The normalized spacial score (nSPS) is 11.1. The van der Waals surface area contributed by atoms with Crippen LogP contribution in [0.3, 0.4) is 0 Å². The van der Waals surface area contributed by atoms with Crippen molar-refractivity contribution in [1.29, 1.82) is 0 Å². The highest BCUT2D eigenvalue weighted by Gasteiger charge is 2.23. The quantitative estimate of drug-likeness (QED) is 0.201. The lowest BCUT2D eigenvalue weighted by atomic mass is 10.1. The van der Waals surface area contributed by atoms with Gasteiger partial charge in [-0.2, -0.15) is 0 Å². The van der Waals surface area contributed by atoms with Crippen molar-refractivity contribution in [3.8, 4) is 0 Å². The first-order valence-electron chi connectivity index (χ1n) is 9.81. The van der Waals surface area contributed by atoms with Crippen LogP contribution in [-0.4, -0.2) is 62.0 Å². The number of aryl methyl sites for hydroxylation is 1. The van der Waals surface area contributed by atoms with E-state index in [1.165, 1.54) is 12.1 Å². The molecule has 0 spiro atoms. The largest absolute Gasteiger partial charge is 0.394 e. The van der Waals surface area contributed by atoms with Crippen LogP contribution in [-0.2, 0) is 14.4 Å². The van der Waals surface area contributed by atoms with Gasteiger partial charge in [-0.15, -0.1) is 0 Å². The molecule has 4 N–H and O–H groups in total. The summed E-state index contributed by atoms with van der Waals surface area (Å²) in [5, 5.41) is 23.3. The number of anilines is 2. The standard InChI is InChI=1S/C21H24F3N3O6/c1-13-2-3-17(16(22)10-13)26-20-15(21(30)27-33-7-5-29)11-14(18(23)19(20)24)12-25-32-9-8-31-6-4-28/h2-3,10-12,26,28-29H,4-9H2,1H3,(H,27,30)/b25-12+. The number of oxime groups is 1. The Labute approximate surface area is 187 Å². The molecule has 0 unspecified atom stereocenters. The Kier molecular flexibility index (Phi) is 10.6. The van der Waals surface area contributed by atoms with Crippen molar-refractivity contribution in [2.75, 3.05) is 45.0 Å². The summed E-state index contributed by atoms with van der Waals surface area (Å²) in [5.41, 5.74) is 0.936. The number of nitrogens with zero attached hydrogens (tertiary/aromatic N) is 1. The Hall–Kier alpha value is -3.19. The molecule has 0 aromatic heterocycles. The third-order valence-corrected chi connectivity index (χ3v) is 4.04. The maximum atomic E-state index is 14.9. The number of amides is 1. The highest BCUT2D eigenvalue weighted by atomic mass is 19.2. The predicted molar refractivity (Wildman–Crippen MR) is 113 cm³/mol. The van der Waals surface area contributed by atoms with Crippen molar-refractivity contribution < 1.29 is 42.6 Å². The van der Waals surface area contributed by atoms with Gasteiger partial charge in [0.05, 0.1) is 56.2 Å². The minimum absolute atomic E-state index is 0.0186. The van der Waals surface area contributed by atoms with Crippen molar-refractivity contribution in [2.45, 2.75) is 6.92 Å². The number of hydrogen-bond donors (Lipinski definition) is 4. The van der Waals surface area contributed by atoms with E-state index in [0.29, 0.717) is 5.56 Å². The molecule has 0 heterocycles. The van der Waals surface area contributed by atoms with E-state index in [2.05, 4.69) is 10.5 Å². The zero-order valence-electron chi connectivity index (χ0n) is 17.7. The van der Waals surface area contributed by atoms with E-state index in [4.69, 9.17) is 24.6 Å². The van der Waals surface area contributed by atoms with Crippen LogP contribution in [0.1, 0.15) is 21.5 Å². The molecule has 12 heteroatoms. The van der Waals surface area contributed by atoms with Crippen molar-refractivity contribution >= 4 is 23.5 Å². The first-order chi connectivity index (χ1) is 15.9. The number of hydroxylamine groups is 1.